The van der Waals surface area contributed by atoms with Crippen LogP contribution in [-0.4, -0.2) is 10.9 Å². The third kappa shape index (κ3) is 3.30. The van der Waals surface area contributed by atoms with Gasteiger partial charge in [0, 0.05) is 23.0 Å². The van der Waals surface area contributed by atoms with Crippen molar-refractivity contribution in [2.24, 2.45) is 0 Å². The van der Waals surface area contributed by atoms with Crippen molar-refractivity contribution in [3.63, 3.8) is 0 Å². The number of carbonyl (C=O) groups excluding carboxylic acids is 1. The van der Waals surface area contributed by atoms with E-state index in [0.717, 1.165) is 0 Å². The Morgan fingerprint density at radius 2 is 1.84 bits per heavy atom. The molecule has 0 saturated carbocycles. The van der Waals surface area contributed by atoms with Crippen LogP contribution in [0.15, 0.2) is 48.8 Å². The van der Waals surface area contributed by atoms with Crippen LogP contribution in [0.2, 0.25) is 5.02 Å². The molecule has 94 valence electrons. The lowest BCUT2D eigenvalue weighted by atomic mass is 10.1. The van der Waals surface area contributed by atoms with Crippen LogP contribution in [0.25, 0.3) is 0 Å². The number of carbonyl (C=O) groups is 1. The molecule has 0 aliphatic carbocycles. The largest absolute Gasteiger partial charge is 0.332 e. The number of nitrogens with one attached hydrogen (secondary N) is 1. The molecule has 1 aromatic carbocycles. The zero-order valence-electron chi connectivity index (χ0n) is 9.88. The SMILES string of the molecule is N#CC(NC(=O)c1ccc(Cl)cc1)c1ccncc1. The molecule has 0 aliphatic heterocycles. The van der Waals surface area contributed by atoms with E-state index >= 15 is 0 Å². The Balaban J connectivity index is 2.13. The summed E-state index contributed by atoms with van der Waals surface area (Å²) in [5.41, 5.74) is 1.15. The number of hydrogen-bond donors (Lipinski definition) is 1. The molecule has 5 heteroatoms. The smallest absolute Gasteiger partial charge is 0.252 e. The number of halogens is 1. The van der Waals surface area contributed by atoms with Crippen molar-refractivity contribution in [2.75, 3.05) is 0 Å². The summed E-state index contributed by atoms with van der Waals surface area (Å²) in [5, 5.41) is 12.3. The van der Waals surface area contributed by atoms with E-state index in [0.29, 0.717) is 16.1 Å². The topological polar surface area (TPSA) is 65.8 Å². The van der Waals surface area contributed by atoms with E-state index in [2.05, 4.69) is 10.3 Å². The van der Waals surface area contributed by atoms with Crippen LogP contribution in [0.4, 0.5) is 0 Å². The highest BCUT2D eigenvalue weighted by atomic mass is 35.5. The third-order valence-electron chi connectivity index (χ3n) is 2.55. The Hall–Kier alpha value is -2.38. The molecule has 19 heavy (non-hydrogen) atoms. The van der Waals surface area contributed by atoms with Gasteiger partial charge in [-0.1, -0.05) is 11.6 Å². The average molecular weight is 272 g/mol. The highest BCUT2D eigenvalue weighted by Crippen LogP contribution is 2.13. The fourth-order valence-electron chi connectivity index (χ4n) is 1.56. The summed E-state index contributed by atoms with van der Waals surface area (Å²) in [4.78, 5) is 15.8. The minimum Gasteiger partial charge on any atom is -0.332 e. The summed E-state index contributed by atoms with van der Waals surface area (Å²) in [5.74, 6) is -0.319. The maximum absolute atomic E-state index is 12.0. The third-order valence-corrected chi connectivity index (χ3v) is 2.80. The molecule has 1 aromatic heterocycles. The number of nitrogens with zero attached hydrogens (tertiary/aromatic N) is 2. The second kappa shape index (κ2) is 5.98. The Kier molecular flexibility index (Phi) is 4.11. The minimum absolute atomic E-state index is 0.319. The van der Waals surface area contributed by atoms with E-state index in [-0.39, 0.29) is 5.91 Å². The highest BCUT2D eigenvalue weighted by molar-refractivity contribution is 6.30. The molecule has 1 unspecified atom stereocenters. The number of nitriles is 1. The van der Waals surface area contributed by atoms with Crippen LogP contribution < -0.4 is 5.32 Å². The van der Waals surface area contributed by atoms with Crippen LogP contribution in [0.3, 0.4) is 0 Å². The van der Waals surface area contributed by atoms with Crippen LogP contribution in [0.1, 0.15) is 22.0 Å². The molecular weight excluding hydrogens is 262 g/mol. The van der Waals surface area contributed by atoms with Crippen molar-refractivity contribution >= 4 is 17.5 Å². The normalized spacial score (nSPS) is 11.4. The van der Waals surface area contributed by atoms with E-state index < -0.39 is 6.04 Å². The Morgan fingerprint density at radius 1 is 1.21 bits per heavy atom. The van der Waals surface area contributed by atoms with E-state index in [1.54, 1.807) is 48.8 Å². The van der Waals surface area contributed by atoms with Crippen LogP contribution in [-0.2, 0) is 0 Å². The molecule has 0 saturated heterocycles. The van der Waals surface area contributed by atoms with Crippen LogP contribution in [0, 0.1) is 11.3 Å². The maximum atomic E-state index is 12.0. The number of amides is 1. The zero-order chi connectivity index (χ0) is 13.7. The first-order chi connectivity index (χ1) is 9.20. The molecule has 2 aromatic rings. The monoisotopic (exact) mass is 271 g/mol. The minimum atomic E-state index is -0.703. The van der Waals surface area contributed by atoms with Gasteiger partial charge >= 0.3 is 0 Å². The molecule has 1 N–H and O–H groups in total. The van der Waals surface area contributed by atoms with Gasteiger partial charge in [0.05, 0.1) is 6.07 Å². The van der Waals surface area contributed by atoms with E-state index in [1.165, 1.54) is 0 Å². The van der Waals surface area contributed by atoms with Gasteiger partial charge in [-0.3, -0.25) is 9.78 Å². The van der Waals surface area contributed by atoms with E-state index in [9.17, 15) is 4.79 Å². The van der Waals surface area contributed by atoms with Crippen LogP contribution in [0.5, 0.6) is 0 Å². The second-order valence-corrected chi connectivity index (χ2v) is 4.26. The molecule has 0 spiro atoms. The summed E-state index contributed by atoms with van der Waals surface area (Å²) < 4.78 is 0. The molecule has 0 bridgehead atoms. The Labute approximate surface area is 115 Å². The lowest BCUT2D eigenvalue weighted by molar-refractivity contribution is 0.0945. The molecule has 0 radical (unpaired) electrons. The van der Waals surface area contributed by atoms with Gasteiger partial charge < -0.3 is 5.32 Å². The van der Waals surface area contributed by atoms with Gasteiger partial charge in [0.1, 0.15) is 6.04 Å². The molecule has 1 atom stereocenters. The lowest BCUT2D eigenvalue weighted by Crippen LogP contribution is -2.27. The summed E-state index contributed by atoms with van der Waals surface area (Å²) in [6, 6.07) is 11.2. The first-order valence-electron chi connectivity index (χ1n) is 5.56. The van der Waals surface area contributed by atoms with Crippen molar-refractivity contribution in [3.05, 3.63) is 64.9 Å². The molecule has 4 nitrogen and oxygen atoms in total. The molecule has 1 heterocycles. The van der Waals surface area contributed by atoms with Gasteiger partial charge in [-0.05, 0) is 42.0 Å². The zero-order valence-corrected chi connectivity index (χ0v) is 10.6. The maximum Gasteiger partial charge on any atom is 0.252 e. The van der Waals surface area contributed by atoms with Crippen molar-refractivity contribution < 1.29 is 4.79 Å². The molecule has 1 amide bonds. The number of pyridine rings is 1. The van der Waals surface area contributed by atoms with Gasteiger partial charge in [0.25, 0.3) is 5.91 Å². The van der Waals surface area contributed by atoms with E-state index in [1.807, 2.05) is 6.07 Å². The summed E-state index contributed by atoms with van der Waals surface area (Å²) >= 11 is 5.75. The standard InChI is InChI=1S/C14H10ClN3O/c15-12-3-1-11(2-4-12)14(19)18-13(9-16)10-5-7-17-8-6-10/h1-8,13H,(H,18,19). The number of rotatable bonds is 3. The van der Waals surface area contributed by atoms with Crippen molar-refractivity contribution in [2.45, 2.75) is 6.04 Å². The number of benzene rings is 1. The van der Waals surface area contributed by atoms with Gasteiger partial charge in [-0.25, -0.2) is 0 Å². The van der Waals surface area contributed by atoms with Crippen molar-refractivity contribution in [1.29, 1.82) is 5.26 Å². The van der Waals surface area contributed by atoms with Gasteiger partial charge in [-0.2, -0.15) is 5.26 Å². The average Bonchev–Trinajstić information content (AvgIpc) is 2.46. The Bertz CT molecular complexity index is 605. The number of aromatic nitrogens is 1. The van der Waals surface area contributed by atoms with Gasteiger partial charge in [0.2, 0.25) is 0 Å². The fourth-order valence-corrected chi connectivity index (χ4v) is 1.69. The van der Waals surface area contributed by atoms with E-state index in [4.69, 9.17) is 16.9 Å². The van der Waals surface area contributed by atoms with Crippen molar-refractivity contribution in [3.8, 4) is 6.07 Å². The predicted octanol–water partition coefficient (Wildman–Crippen LogP) is 2.73. The lowest BCUT2D eigenvalue weighted by Gasteiger charge is -2.11. The first-order valence-corrected chi connectivity index (χ1v) is 5.94. The summed E-state index contributed by atoms with van der Waals surface area (Å²) in [6.07, 6.45) is 3.15. The van der Waals surface area contributed by atoms with Crippen molar-refractivity contribution in [1.82, 2.24) is 10.3 Å². The summed E-state index contributed by atoms with van der Waals surface area (Å²) in [6.45, 7) is 0. The Morgan fingerprint density at radius 3 is 2.42 bits per heavy atom. The second-order valence-electron chi connectivity index (χ2n) is 3.82. The molecular formula is C14H10ClN3O. The van der Waals surface area contributed by atoms with Gasteiger partial charge in [0.15, 0.2) is 0 Å². The fraction of sp³-hybridized carbons (Fsp3) is 0.0714. The first kappa shape index (κ1) is 13.1. The van der Waals surface area contributed by atoms with Crippen LogP contribution >= 0.6 is 11.6 Å². The number of hydrogen-bond acceptors (Lipinski definition) is 3. The summed E-state index contributed by atoms with van der Waals surface area (Å²) in [7, 11) is 0. The van der Waals surface area contributed by atoms with Gasteiger partial charge in [-0.15, -0.1) is 0 Å². The highest BCUT2D eigenvalue weighted by Gasteiger charge is 2.14. The quantitative estimate of drug-likeness (QED) is 0.933. The predicted molar refractivity (Wildman–Crippen MR) is 71.5 cm³/mol. The molecule has 2 rings (SSSR count). The molecule has 0 aliphatic rings. The molecule has 0 fully saturated rings.